The molecule has 0 spiro atoms. The zero-order valence-electron chi connectivity index (χ0n) is 15.3. The lowest BCUT2D eigenvalue weighted by atomic mass is 10.0. The van der Waals surface area contributed by atoms with Crippen LogP contribution in [0, 0.1) is 12.8 Å². The van der Waals surface area contributed by atoms with Crippen LogP contribution in [0.1, 0.15) is 37.3 Å². The van der Waals surface area contributed by atoms with Gasteiger partial charge < -0.3 is 10.2 Å². The molecule has 1 heterocycles. The number of nitrogens with zero attached hydrogens (tertiary/aromatic N) is 1. The maximum atomic E-state index is 12.6. The zero-order chi connectivity index (χ0) is 18.8. The standard InChI is InChI=1S/C21H23ClN2O2/c1-13(2)15-7-9-17(10-8-15)23-21(26)16-11-20(25)24(12-16)19-6-4-5-18(22)14(19)3/h4-10,13,16H,11-12H2,1-3H3,(H,23,26). The quantitative estimate of drug-likeness (QED) is 0.843. The molecule has 2 aromatic carbocycles. The Morgan fingerprint density at radius 2 is 1.88 bits per heavy atom. The summed E-state index contributed by atoms with van der Waals surface area (Å²) in [5.74, 6) is -0.101. The minimum Gasteiger partial charge on any atom is -0.326 e. The van der Waals surface area contributed by atoms with Gasteiger partial charge in [0.05, 0.1) is 5.92 Å². The second-order valence-electron chi connectivity index (χ2n) is 7.06. The van der Waals surface area contributed by atoms with Gasteiger partial charge in [0.1, 0.15) is 0 Å². The van der Waals surface area contributed by atoms with Crippen molar-refractivity contribution in [2.24, 2.45) is 5.92 Å². The summed E-state index contributed by atoms with van der Waals surface area (Å²) in [5.41, 5.74) is 3.61. The molecule has 0 bridgehead atoms. The highest BCUT2D eigenvalue weighted by Crippen LogP contribution is 2.31. The molecule has 1 aliphatic heterocycles. The van der Waals surface area contributed by atoms with Crippen LogP contribution in [0.5, 0.6) is 0 Å². The van der Waals surface area contributed by atoms with Crippen molar-refractivity contribution in [1.29, 1.82) is 0 Å². The van der Waals surface area contributed by atoms with Gasteiger partial charge in [-0.15, -0.1) is 0 Å². The van der Waals surface area contributed by atoms with Gasteiger partial charge >= 0.3 is 0 Å². The Labute approximate surface area is 159 Å². The molecular formula is C21H23ClN2O2. The van der Waals surface area contributed by atoms with Crippen molar-refractivity contribution in [2.45, 2.75) is 33.1 Å². The molecule has 1 saturated heterocycles. The summed E-state index contributed by atoms with van der Waals surface area (Å²) in [6.07, 6.45) is 0.210. The van der Waals surface area contributed by atoms with E-state index in [1.54, 1.807) is 11.0 Å². The maximum Gasteiger partial charge on any atom is 0.229 e. The lowest BCUT2D eigenvalue weighted by Crippen LogP contribution is -2.28. The van der Waals surface area contributed by atoms with E-state index in [1.807, 2.05) is 43.3 Å². The number of rotatable bonds is 4. The van der Waals surface area contributed by atoms with E-state index in [-0.39, 0.29) is 24.2 Å². The van der Waals surface area contributed by atoms with Gasteiger partial charge in [0, 0.05) is 29.4 Å². The molecule has 0 aliphatic carbocycles. The molecule has 3 rings (SSSR count). The van der Waals surface area contributed by atoms with Gasteiger partial charge in [-0.3, -0.25) is 9.59 Å². The molecule has 2 amide bonds. The Morgan fingerprint density at radius 1 is 1.19 bits per heavy atom. The number of carbonyl (C=O) groups is 2. The van der Waals surface area contributed by atoms with Crippen LogP contribution in [-0.2, 0) is 9.59 Å². The van der Waals surface area contributed by atoms with Crippen LogP contribution in [0.25, 0.3) is 0 Å². The second-order valence-corrected chi connectivity index (χ2v) is 7.46. The van der Waals surface area contributed by atoms with Crippen molar-refractivity contribution in [3.8, 4) is 0 Å². The van der Waals surface area contributed by atoms with Crippen molar-refractivity contribution < 1.29 is 9.59 Å². The highest BCUT2D eigenvalue weighted by molar-refractivity contribution is 6.31. The average Bonchev–Trinajstić information content (AvgIpc) is 2.99. The summed E-state index contributed by atoms with van der Waals surface area (Å²) in [4.78, 5) is 26.7. The van der Waals surface area contributed by atoms with Crippen molar-refractivity contribution in [1.82, 2.24) is 0 Å². The fourth-order valence-electron chi connectivity index (χ4n) is 3.20. The molecule has 0 aromatic heterocycles. The molecule has 26 heavy (non-hydrogen) atoms. The monoisotopic (exact) mass is 370 g/mol. The highest BCUT2D eigenvalue weighted by atomic mass is 35.5. The number of benzene rings is 2. The van der Waals surface area contributed by atoms with Crippen molar-refractivity contribution in [2.75, 3.05) is 16.8 Å². The molecule has 1 unspecified atom stereocenters. The van der Waals surface area contributed by atoms with E-state index in [4.69, 9.17) is 11.6 Å². The van der Waals surface area contributed by atoms with E-state index < -0.39 is 0 Å². The first-order chi connectivity index (χ1) is 12.4. The van der Waals surface area contributed by atoms with Crippen LogP contribution in [0.15, 0.2) is 42.5 Å². The minimum absolute atomic E-state index is 0.0503. The number of amides is 2. The van der Waals surface area contributed by atoms with Gasteiger partial charge in [0.15, 0.2) is 0 Å². The van der Waals surface area contributed by atoms with Crippen molar-refractivity contribution in [3.05, 3.63) is 58.6 Å². The zero-order valence-corrected chi connectivity index (χ0v) is 16.0. The van der Waals surface area contributed by atoms with E-state index in [1.165, 1.54) is 5.56 Å². The van der Waals surface area contributed by atoms with Gasteiger partial charge in [-0.05, 0) is 48.2 Å². The lowest BCUT2D eigenvalue weighted by Gasteiger charge is -2.19. The summed E-state index contributed by atoms with van der Waals surface area (Å²) in [7, 11) is 0. The van der Waals surface area contributed by atoms with Crippen LogP contribution in [0.3, 0.4) is 0 Å². The molecule has 1 fully saturated rings. The predicted octanol–water partition coefficient (Wildman–Crippen LogP) is 4.76. The molecule has 0 saturated carbocycles. The summed E-state index contributed by atoms with van der Waals surface area (Å²) in [6, 6.07) is 13.3. The van der Waals surface area contributed by atoms with Crippen LogP contribution >= 0.6 is 11.6 Å². The predicted molar refractivity (Wildman–Crippen MR) is 106 cm³/mol. The Hall–Kier alpha value is -2.33. The van der Waals surface area contributed by atoms with Gasteiger partial charge in [0.2, 0.25) is 11.8 Å². The highest BCUT2D eigenvalue weighted by Gasteiger charge is 2.35. The van der Waals surface area contributed by atoms with Crippen LogP contribution in [-0.4, -0.2) is 18.4 Å². The third kappa shape index (κ3) is 3.75. The Kier molecular flexibility index (Phi) is 5.33. The molecule has 1 N–H and O–H groups in total. The van der Waals surface area contributed by atoms with E-state index in [0.29, 0.717) is 17.5 Å². The number of anilines is 2. The molecular weight excluding hydrogens is 348 g/mol. The average molecular weight is 371 g/mol. The number of carbonyl (C=O) groups excluding carboxylic acids is 2. The van der Waals surface area contributed by atoms with E-state index in [2.05, 4.69) is 19.2 Å². The molecule has 2 aromatic rings. The van der Waals surface area contributed by atoms with Gasteiger partial charge in [0.25, 0.3) is 0 Å². The lowest BCUT2D eigenvalue weighted by molar-refractivity contribution is -0.122. The van der Waals surface area contributed by atoms with Gasteiger partial charge in [-0.1, -0.05) is 43.6 Å². The SMILES string of the molecule is Cc1c(Cl)cccc1N1CC(C(=O)Nc2ccc(C(C)C)cc2)CC1=O. The van der Waals surface area contributed by atoms with E-state index >= 15 is 0 Å². The van der Waals surface area contributed by atoms with Crippen molar-refractivity contribution in [3.63, 3.8) is 0 Å². The number of nitrogens with one attached hydrogen (secondary N) is 1. The Morgan fingerprint density at radius 3 is 2.54 bits per heavy atom. The van der Waals surface area contributed by atoms with E-state index in [9.17, 15) is 9.59 Å². The van der Waals surface area contributed by atoms with Gasteiger partial charge in [-0.2, -0.15) is 0 Å². The molecule has 1 aliphatic rings. The first kappa shape index (κ1) is 18.5. The molecule has 136 valence electrons. The van der Waals surface area contributed by atoms with E-state index in [0.717, 1.165) is 16.9 Å². The fourth-order valence-corrected chi connectivity index (χ4v) is 3.37. The third-order valence-corrected chi connectivity index (χ3v) is 5.28. The van der Waals surface area contributed by atoms with Crippen LogP contribution < -0.4 is 10.2 Å². The minimum atomic E-state index is -0.370. The number of hydrogen-bond donors (Lipinski definition) is 1. The maximum absolute atomic E-state index is 12.6. The summed E-state index contributed by atoms with van der Waals surface area (Å²) in [6.45, 7) is 6.51. The first-order valence-electron chi connectivity index (χ1n) is 8.83. The smallest absolute Gasteiger partial charge is 0.229 e. The van der Waals surface area contributed by atoms with Crippen LogP contribution in [0.4, 0.5) is 11.4 Å². The largest absolute Gasteiger partial charge is 0.326 e. The number of halogens is 1. The second kappa shape index (κ2) is 7.50. The van der Waals surface area contributed by atoms with Crippen LogP contribution in [0.2, 0.25) is 5.02 Å². The van der Waals surface area contributed by atoms with Gasteiger partial charge in [-0.25, -0.2) is 0 Å². The first-order valence-corrected chi connectivity index (χ1v) is 9.21. The third-order valence-electron chi connectivity index (χ3n) is 4.87. The molecule has 1 atom stereocenters. The normalized spacial score (nSPS) is 17.0. The Balaban J connectivity index is 1.70. The fraction of sp³-hybridized carbons (Fsp3) is 0.333. The topological polar surface area (TPSA) is 49.4 Å². The molecule has 4 nitrogen and oxygen atoms in total. The summed E-state index contributed by atoms with van der Waals surface area (Å²) in [5, 5.41) is 3.54. The Bertz CT molecular complexity index is 830. The molecule has 5 heteroatoms. The molecule has 0 radical (unpaired) electrons. The summed E-state index contributed by atoms with van der Waals surface area (Å²) >= 11 is 6.16. The number of hydrogen-bond acceptors (Lipinski definition) is 2. The van der Waals surface area contributed by atoms with Crippen molar-refractivity contribution >= 4 is 34.8 Å². The summed E-state index contributed by atoms with van der Waals surface area (Å²) < 4.78 is 0.